The molecular formula is C14H29N3O. The van der Waals surface area contributed by atoms with Crippen molar-refractivity contribution in [2.45, 2.75) is 52.6 Å². The normalized spacial score (nSPS) is 25.1. The van der Waals surface area contributed by atoms with Crippen LogP contribution in [0.1, 0.15) is 40.5 Å². The third-order valence-corrected chi connectivity index (χ3v) is 4.11. The summed E-state index contributed by atoms with van der Waals surface area (Å²) in [5, 5.41) is 3.43. The summed E-state index contributed by atoms with van der Waals surface area (Å²) in [4.78, 5) is 13.9. The van der Waals surface area contributed by atoms with Crippen molar-refractivity contribution >= 4 is 5.91 Å². The lowest BCUT2D eigenvalue weighted by atomic mass is 9.90. The van der Waals surface area contributed by atoms with Gasteiger partial charge in [0.1, 0.15) is 0 Å². The highest BCUT2D eigenvalue weighted by atomic mass is 16.1. The smallest absolute Gasteiger partial charge is 0.234 e. The van der Waals surface area contributed by atoms with Crippen molar-refractivity contribution in [3.05, 3.63) is 0 Å². The second-order valence-electron chi connectivity index (χ2n) is 5.87. The number of nitrogens with one attached hydrogen (secondary N) is 1. The minimum absolute atomic E-state index is 0.211. The van der Waals surface area contributed by atoms with Gasteiger partial charge in [0.2, 0.25) is 5.91 Å². The third kappa shape index (κ3) is 4.25. The van der Waals surface area contributed by atoms with Crippen molar-refractivity contribution in [1.29, 1.82) is 0 Å². The van der Waals surface area contributed by atoms with Gasteiger partial charge in [0.25, 0.3) is 0 Å². The number of nitrogens with zero attached hydrogens (tertiary/aromatic N) is 1. The minimum atomic E-state index is -0.236. The highest BCUT2D eigenvalue weighted by Crippen LogP contribution is 2.20. The lowest BCUT2D eigenvalue weighted by Crippen LogP contribution is -2.53. The Balaban J connectivity index is 2.52. The Morgan fingerprint density at radius 2 is 2.11 bits per heavy atom. The van der Waals surface area contributed by atoms with Crippen LogP contribution in [-0.4, -0.2) is 42.5 Å². The number of carbonyl (C=O) groups is 1. The van der Waals surface area contributed by atoms with E-state index in [2.05, 4.69) is 24.1 Å². The van der Waals surface area contributed by atoms with Crippen molar-refractivity contribution in [2.24, 2.45) is 17.6 Å². The Labute approximate surface area is 111 Å². The average molecular weight is 255 g/mol. The molecule has 0 aromatic carbocycles. The molecule has 1 rings (SSSR count). The number of carbonyl (C=O) groups excluding carboxylic acids is 1. The van der Waals surface area contributed by atoms with Crippen molar-refractivity contribution in [2.75, 3.05) is 19.6 Å². The summed E-state index contributed by atoms with van der Waals surface area (Å²) in [6.45, 7) is 11.9. The first-order chi connectivity index (χ1) is 8.45. The van der Waals surface area contributed by atoms with Gasteiger partial charge in [-0.05, 0) is 44.7 Å². The van der Waals surface area contributed by atoms with Crippen LogP contribution in [0.2, 0.25) is 0 Å². The largest absolute Gasteiger partial charge is 0.368 e. The monoisotopic (exact) mass is 255 g/mol. The van der Waals surface area contributed by atoms with Gasteiger partial charge < -0.3 is 16.0 Å². The first-order valence-corrected chi connectivity index (χ1v) is 7.23. The summed E-state index contributed by atoms with van der Waals surface area (Å²) in [5.74, 6) is 0.634. The Bertz CT molecular complexity index is 268. The van der Waals surface area contributed by atoms with Gasteiger partial charge in [-0.25, -0.2) is 0 Å². The molecule has 3 N–H and O–H groups in total. The Kier molecular flexibility index (Phi) is 6.09. The van der Waals surface area contributed by atoms with Gasteiger partial charge >= 0.3 is 0 Å². The SMILES string of the molecule is CCN1CCCC(C(C)NC(C(N)=O)C(C)C)C1. The fourth-order valence-electron chi connectivity index (χ4n) is 2.81. The molecule has 0 aromatic rings. The van der Waals surface area contributed by atoms with Gasteiger partial charge in [0.15, 0.2) is 0 Å². The molecule has 4 heteroatoms. The molecule has 0 radical (unpaired) electrons. The molecule has 1 amide bonds. The number of rotatable bonds is 6. The molecule has 3 atom stereocenters. The summed E-state index contributed by atoms with van der Waals surface area (Å²) in [6, 6.07) is 0.135. The number of likely N-dealkylation sites (tertiary alicyclic amines) is 1. The zero-order valence-corrected chi connectivity index (χ0v) is 12.3. The van der Waals surface area contributed by atoms with Crippen LogP contribution in [0.25, 0.3) is 0 Å². The average Bonchev–Trinajstić information content (AvgIpc) is 2.34. The lowest BCUT2D eigenvalue weighted by molar-refractivity contribution is -0.121. The van der Waals surface area contributed by atoms with Crippen LogP contribution in [0.3, 0.4) is 0 Å². The summed E-state index contributed by atoms with van der Waals surface area (Å²) in [5.41, 5.74) is 5.46. The van der Waals surface area contributed by atoms with Crippen molar-refractivity contribution in [3.63, 3.8) is 0 Å². The second kappa shape index (κ2) is 7.10. The van der Waals surface area contributed by atoms with Crippen LogP contribution in [-0.2, 0) is 4.79 Å². The van der Waals surface area contributed by atoms with E-state index < -0.39 is 0 Å². The Morgan fingerprint density at radius 1 is 1.44 bits per heavy atom. The van der Waals surface area contributed by atoms with E-state index in [1.54, 1.807) is 0 Å². The first-order valence-electron chi connectivity index (χ1n) is 7.23. The van der Waals surface area contributed by atoms with Crippen molar-refractivity contribution in [1.82, 2.24) is 10.2 Å². The van der Waals surface area contributed by atoms with Gasteiger partial charge in [0, 0.05) is 12.6 Å². The minimum Gasteiger partial charge on any atom is -0.368 e. The zero-order chi connectivity index (χ0) is 13.7. The topological polar surface area (TPSA) is 58.4 Å². The number of amides is 1. The predicted molar refractivity (Wildman–Crippen MR) is 75.3 cm³/mol. The lowest BCUT2D eigenvalue weighted by Gasteiger charge is -2.37. The van der Waals surface area contributed by atoms with Crippen LogP contribution >= 0.6 is 0 Å². The third-order valence-electron chi connectivity index (χ3n) is 4.11. The molecule has 1 saturated heterocycles. The second-order valence-corrected chi connectivity index (χ2v) is 5.87. The van der Waals surface area contributed by atoms with Crippen molar-refractivity contribution < 1.29 is 4.79 Å². The number of piperidine rings is 1. The van der Waals surface area contributed by atoms with Crippen LogP contribution in [0.5, 0.6) is 0 Å². The molecular weight excluding hydrogens is 226 g/mol. The van der Waals surface area contributed by atoms with E-state index in [1.807, 2.05) is 13.8 Å². The Hall–Kier alpha value is -0.610. The molecule has 1 aliphatic heterocycles. The van der Waals surface area contributed by atoms with E-state index >= 15 is 0 Å². The summed E-state index contributed by atoms with van der Waals surface area (Å²) in [7, 11) is 0. The van der Waals surface area contributed by atoms with Gasteiger partial charge in [0.05, 0.1) is 6.04 Å². The first kappa shape index (κ1) is 15.4. The quantitative estimate of drug-likeness (QED) is 0.750. The molecule has 0 spiro atoms. The van der Waals surface area contributed by atoms with E-state index in [1.165, 1.54) is 19.4 Å². The highest BCUT2D eigenvalue weighted by Gasteiger charge is 2.28. The number of hydrogen-bond donors (Lipinski definition) is 2. The van der Waals surface area contributed by atoms with E-state index in [9.17, 15) is 4.79 Å². The van der Waals surface area contributed by atoms with Crippen LogP contribution < -0.4 is 11.1 Å². The zero-order valence-electron chi connectivity index (χ0n) is 12.3. The summed E-state index contributed by atoms with van der Waals surface area (Å²) in [6.07, 6.45) is 2.50. The maximum Gasteiger partial charge on any atom is 0.234 e. The molecule has 1 fully saturated rings. The van der Waals surface area contributed by atoms with E-state index in [4.69, 9.17) is 5.73 Å². The Morgan fingerprint density at radius 3 is 2.61 bits per heavy atom. The molecule has 18 heavy (non-hydrogen) atoms. The standard InChI is InChI=1S/C14H29N3O/c1-5-17-8-6-7-12(9-17)11(4)16-13(10(2)3)14(15)18/h10-13,16H,5-9H2,1-4H3,(H2,15,18). The van der Waals surface area contributed by atoms with Crippen LogP contribution in [0.15, 0.2) is 0 Å². The van der Waals surface area contributed by atoms with Gasteiger partial charge in [-0.1, -0.05) is 20.8 Å². The van der Waals surface area contributed by atoms with Gasteiger partial charge in [-0.2, -0.15) is 0 Å². The summed E-state index contributed by atoms with van der Waals surface area (Å²) < 4.78 is 0. The van der Waals surface area contributed by atoms with E-state index in [0.717, 1.165) is 13.1 Å². The molecule has 1 aliphatic rings. The number of primary amides is 1. The number of nitrogens with two attached hydrogens (primary N) is 1. The van der Waals surface area contributed by atoms with Gasteiger partial charge in [-0.3, -0.25) is 4.79 Å². The number of hydrogen-bond acceptors (Lipinski definition) is 3. The maximum atomic E-state index is 11.4. The molecule has 1 heterocycles. The summed E-state index contributed by atoms with van der Waals surface area (Å²) >= 11 is 0. The fourth-order valence-corrected chi connectivity index (χ4v) is 2.81. The highest BCUT2D eigenvalue weighted by molar-refractivity contribution is 5.80. The maximum absolute atomic E-state index is 11.4. The molecule has 0 aromatic heterocycles. The van der Waals surface area contributed by atoms with Crippen molar-refractivity contribution in [3.8, 4) is 0 Å². The van der Waals surface area contributed by atoms with Crippen LogP contribution in [0, 0.1) is 11.8 Å². The van der Waals surface area contributed by atoms with E-state index in [-0.39, 0.29) is 17.9 Å². The predicted octanol–water partition coefficient (Wildman–Crippen LogP) is 1.21. The van der Waals surface area contributed by atoms with E-state index in [0.29, 0.717) is 12.0 Å². The van der Waals surface area contributed by atoms with Crippen LogP contribution in [0.4, 0.5) is 0 Å². The molecule has 4 nitrogen and oxygen atoms in total. The fraction of sp³-hybridized carbons (Fsp3) is 0.929. The molecule has 0 bridgehead atoms. The molecule has 106 valence electrons. The molecule has 0 aliphatic carbocycles. The molecule has 3 unspecified atom stereocenters. The van der Waals surface area contributed by atoms with Gasteiger partial charge in [-0.15, -0.1) is 0 Å². The molecule has 0 saturated carbocycles.